The Morgan fingerprint density at radius 3 is 2.42 bits per heavy atom. The number of ether oxygens (including phenoxy) is 1. The van der Waals surface area contributed by atoms with Gasteiger partial charge >= 0.3 is 6.18 Å². The van der Waals surface area contributed by atoms with Crippen LogP contribution in [0.3, 0.4) is 0 Å². The first kappa shape index (κ1) is 20.7. The zero-order valence-electron chi connectivity index (χ0n) is 17.6. The van der Waals surface area contributed by atoms with E-state index in [1.54, 1.807) is 17.7 Å². The summed E-state index contributed by atoms with van der Waals surface area (Å²) in [4.78, 5) is 17.6. The third-order valence-corrected chi connectivity index (χ3v) is 5.53. The first-order valence-corrected chi connectivity index (χ1v) is 10.0. The smallest absolute Gasteiger partial charge is 0.418 e. The Kier molecular flexibility index (Phi) is 4.70. The summed E-state index contributed by atoms with van der Waals surface area (Å²) in [6, 6.07) is 14.0. The van der Waals surface area contributed by atoms with E-state index in [1.807, 2.05) is 31.2 Å². The molecule has 0 saturated heterocycles. The number of fused-ring (bicyclic) bond motifs is 3. The molecule has 33 heavy (non-hydrogen) atoms. The molecule has 3 aromatic heterocycles. The lowest BCUT2D eigenvalue weighted by Gasteiger charge is -2.14. The second-order valence-corrected chi connectivity index (χ2v) is 7.49. The van der Waals surface area contributed by atoms with Gasteiger partial charge in [-0.2, -0.15) is 18.3 Å². The molecule has 0 atom stereocenters. The van der Waals surface area contributed by atoms with Gasteiger partial charge in [-0.25, -0.2) is 9.50 Å². The van der Waals surface area contributed by atoms with E-state index in [9.17, 15) is 18.0 Å². The standard InChI is InChI=1S/C24H17F3N4O2/c1-14-21(15-7-9-16(33-2)10-8-15)22-28-13-17-19(31(22)29-14)11-12-30(23(17)32)20-6-4-3-5-18(20)24(25,26)27/h3-13H,1-2H3. The van der Waals surface area contributed by atoms with E-state index >= 15 is 0 Å². The lowest BCUT2D eigenvalue weighted by Crippen LogP contribution is -2.22. The number of nitrogens with zero attached hydrogens (tertiary/aromatic N) is 4. The van der Waals surface area contributed by atoms with Crippen LogP contribution in [0.5, 0.6) is 5.75 Å². The van der Waals surface area contributed by atoms with Crippen LogP contribution in [0.25, 0.3) is 33.4 Å². The highest BCUT2D eigenvalue weighted by Gasteiger charge is 2.34. The van der Waals surface area contributed by atoms with Crippen molar-refractivity contribution < 1.29 is 17.9 Å². The lowest BCUT2D eigenvalue weighted by atomic mass is 10.1. The van der Waals surface area contributed by atoms with Gasteiger partial charge in [0, 0.05) is 18.0 Å². The number of halogens is 3. The molecule has 5 aromatic rings. The van der Waals surface area contributed by atoms with Crippen molar-refractivity contribution in [3.05, 3.63) is 88.6 Å². The quantitative estimate of drug-likeness (QED) is 0.387. The molecule has 2 aromatic carbocycles. The monoisotopic (exact) mass is 450 g/mol. The van der Waals surface area contributed by atoms with E-state index in [2.05, 4.69) is 10.1 Å². The molecular formula is C24H17F3N4O2. The molecule has 5 rings (SSSR count). The van der Waals surface area contributed by atoms with Gasteiger partial charge in [-0.3, -0.25) is 9.36 Å². The summed E-state index contributed by atoms with van der Waals surface area (Å²) in [5.41, 5.74) is 1.62. The molecule has 9 heteroatoms. The number of benzene rings is 2. The van der Waals surface area contributed by atoms with E-state index in [0.29, 0.717) is 22.6 Å². The SMILES string of the molecule is COc1ccc(-c2c(C)nn3c2ncc2c(=O)n(-c4ccccc4C(F)(F)F)ccc23)cc1. The van der Waals surface area contributed by atoms with Crippen LogP contribution in [0.1, 0.15) is 11.3 Å². The average molecular weight is 450 g/mol. The van der Waals surface area contributed by atoms with Crippen LogP contribution in [0, 0.1) is 6.92 Å². The summed E-state index contributed by atoms with van der Waals surface area (Å²) in [5.74, 6) is 0.714. The van der Waals surface area contributed by atoms with Crippen molar-refractivity contribution >= 4 is 16.6 Å². The third kappa shape index (κ3) is 3.32. The molecule has 0 unspecified atom stereocenters. The summed E-state index contributed by atoms with van der Waals surface area (Å²) in [6.07, 6.45) is -1.88. The van der Waals surface area contributed by atoms with Gasteiger partial charge < -0.3 is 4.74 Å². The van der Waals surface area contributed by atoms with Crippen molar-refractivity contribution in [1.29, 1.82) is 0 Å². The van der Waals surface area contributed by atoms with Crippen LogP contribution >= 0.6 is 0 Å². The number of pyridine rings is 1. The first-order valence-electron chi connectivity index (χ1n) is 10.0. The molecule has 0 spiro atoms. The van der Waals surface area contributed by atoms with Gasteiger partial charge in [0.25, 0.3) is 5.56 Å². The Bertz CT molecular complexity index is 1570. The maximum absolute atomic E-state index is 13.5. The van der Waals surface area contributed by atoms with Gasteiger partial charge in [0.1, 0.15) is 5.75 Å². The topological polar surface area (TPSA) is 61.4 Å². The molecule has 0 aliphatic rings. The summed E-state index contributed by atoms with van der Waals surface area (Å²) >= 11 is 0. The highest BCUT2D eigenvalue weighted by molar-refractivity contribution is 5.86. The van der Waals surface area contributed by atoms with Crippen molar-refractivity contribution in [1.82, 2.24) is 19.2 Å². The number of methoxy groups -OCH3 is 1. The number of aromatic nitrogens is 4. The minimum absolute atomic E-state index is 0.158. The van der Waals surface area contributed by atoms with E-state index in [1.165, 1.54) is 30.6 Å². The molecule has 0 fully saturated rings. The van der Waals surface area contributed by atoms with Gasteiger partial charge in [0.15, 0.2) is 5.65 Å². The number of hydrogen-bond acceptors (Lipinski definition) is 4. The molecule has 0 N–H and O–H groups in total. The van der Waals surface area contributed by atoms with Crippen LogP contribution in [0.4, 0.5) is 13.2 Å². The second kappa shape index (κ2) is 7.47. The van der Waals surface area contributed by atoms with Gasteiger partial charge in [0.2, 0.25) is 0 Å². The Morgan fingerprint density at radius 2 is 1.73 bits per heavy atom. The van der Waals surface area contributed by atoms with Crippen molar-refractivity contribution in [3.63, 3.8) is 0 Å². The first-order chi connectivity index (χ1) is 15.8. The molecule has 166 valence electrons. The average Bonchev–Trinajstić information content (AvgIpc) is 3.15. The molecular weight excluding hydrogens is 433 g/mol. The van der Waals surface area contributed by atoms with Crippen LogP contribution in [-0.2, 0) is 6.18 Å². The minimum atomic E-state index is -4.60. The molecule has 3 heterocycles. The van der Waals surface area contributed by atoms with E-state index in [4.69, 9.17) is 4.74 Å². The molecule has 0 amide bonds. The predicted octanol–water partition coefficient (Wildman–Crippen LogP) is 5.04. The summed E-state index contributed by atoms with van der Waals surface area (Å²) in [5, 5.41) is 4.71. The Labute approximate surface area is 185 Å². The number of alkyl halides is 3. The molecule has 0 radical (unpaired) electrons. The molecule has 6 nitrogen and oxygen atoms in total. The molecule has 0 aliphatic carbocycles. The highest BCUT2D eigenvalue weighted by atomic mass is 19.4. The van der Waals surface area contributed by atoms with Gasteiger partial charge in [0.05, 0.1) is 35.0 Å². The van der Waals surface area contributed by atoms with Gasteiger partial charge in [-0.05, 0) is 42.8 Å². The normalized spacial score (nSPS) is 11.9. The summed E-state index contributed by atoms with van der Waals surface area (Å²) < 4.78 is 48.2. The van der Waals surface area contributed by atoms with Crippen LogP contribution in [0.15, 0.2) is 71.8 Å². The number of para-hydroxylation sites is 1. The molecule has 0 bridgehead atoms. The fourth-order valence-electron chi connectivity index (χ4n) is 3.98. The summed E-state index contributed by atoms with van der Waals surface area (Å²) in [7, 11) is 1.59. The number of hydrogen-bond donors (Lipinski definition) is 0. The number of rotatable bonds is 3. The predicted molar refractivity (Wildman–Crippen MR) is 118 cm³/mol. The Balaban J connectivity index is 1.73. The van der Waals surface area contributed by atoms with E-state index in [-0.39, 0.29) is 11.1 Å². The Morgan fingerprint density at radius 1 is 1.00 bits per heavy atom. The fourth-order valence-corrected chi connectivity index (χ4v) is 3.98. The van der Waals surface area contributed by atoms with Crippen LogP contribution in [0.2, 0.25) is 0 Å². The lowest BCUT2D eigenvalue weighted by molar-refractivity contribution is -0.137. The molecule has 0 saturated carbocycles. The van der Waals surface area contributed by atoms with E-state index in [0.717, 1.165) is 21.8 Å². The van der Waals surface area contributed by atoms with Gasteiger partial charge in [-0.15, -0.1) is 0 Å². The van der Waals surface area contributed by atoms with Crippen molar-refractivity contribution in [2.75, 3.05) is 7.11 Å². The zero-order chi connectivity index (χ0) is 23.3. The van der Waals surface area contributed by atoms with Gasteiger partial charge in [-0.1, -0.05) is 24.3 Å². The van der Waals surface area contributed by atoms with Crippen LogP contribution < -0.4 is 10.3 Å². The van der Waals surface area contributed by atoms with Crippen molar-refractivity contribution in [3.8, 4) is 22.6 Å². The highest BCUT2D eigenvalue weighted by Crippen LogP contribution is 2.34. The van der Waals surface area contributed by atoms with Crippen LogP contribution in [-0.4, -0.2) is 26.3 Å². The largest absolute Gasteiger partial charge is 0.497 e. The maximum Gasteiger partial charge on any atom is 0.418 e. The maximum atomic E-state index is 13.5. The van der Waals surface area contributed by atoms with Crippen molar-refractivity contribution in [2.45, 2.75) is 13.1 Å². The zero-order valence-corrected chi connectivity index (χ0v) is 17.6. The minimum Gasteiger partial charge on any atom is -0.497 e. The third-order valence-electron chi connectivity index (χ3n) is 5.53. The van der Waals surface area contributed by atoms with Crippen molar-refractivity contribution in [2.24, 2.45) is 0 Å². The Hall–Kier alpha value is -4.14. The van der Waals surface area contributed by atoms with E-state index < -0.39 is 17.3 Å². The summed E-state index contributed by atoms with van der Waals surface area (Å²) in [6.45, 7) is 1.83. The second-order valence-electron chi connectivity index (χ2n) is 7.49. The number of aryl methyl sites for hydroxylation is 1. The molecule has 0 aliphatic heterocycles. The fraction of sp³-hybridized carbons (Fsp3) is 0.125.